The zero-order valence-electron chi connectivity index (χ0n) is 12.1. The van der Waals surface area contributed by atoms with E-state index in [1.807, 2.05) is 12.1 Å². The first-order valence-corrected chi connectivity index (χ1v) is 7.48. The summed E-state index contributed by atoms with van der Waals surface area (Å²) in [4.78, 5) is 12.1. The number of amides is 1. The number of ether oxygens (including phenoxy) is 1. The SMILES string of the molecule is CCCCc1ccc(NC(=O)[C@@H]2CC[C@H](CN)O2)cc1. The van der Waals surface area contributed by atoms with E-state index in [0.29, 0.717) is 6.54 Å². The minimum atomic E-state index is -0.358. The van der Waals surface area contributed by atoms with Gasteiger partial charge in [0.15, 0.2) is 0 Å². The van der Waals surface area contributed by atoms with Crippen LogP contribution in [0.4, 0.5) is 5.69 Å². The number of nitrogens with two attached hydrogens (primary N) is 1. The summed E-state index contributed by atoms with van der Waals surface area (Å²) in [5.41, 5.74) is 7.69. The predicted molar refractivity (Wildman–Crippen MR) is 80.6 cm³/mol. The molecule has 2 atom stereocenters. The van der Waals surface area contributed by atoms with Crippen LogP contribution in [0, 0.1) is 0 Å². The molecule has 1 aromatic carbocycles. The van der Waals surface area contributed by atoms with Gasteiger partial charge in [-0.3, -0.25) is 4.79 Å². The van der Waals surface area contributed by atoms with Crippen molar-refractivity contribution in [2.75, 3.05) is 11.9 Å². The fraction of sp³-hybridized carbons (Fsp3) is 0.562. The predicted octanol–water partition coefficient (Wildman–Crippen LogP) is 2.47. The van der Waals surface area contributed by atoms with Crippen molar-refractivity contribution in [3.63, 3.8) is 0 Å². The van der Waals surface area contributed by atoms with Crippen molar-refractivity contribution in [2.45, 2.75) is 51.2 Å². The van der Waals surface area contributed by atoms with Crippen molar-refractivity contribution in [3.05, 3.63) is 29.8 Å². The van der Waals surface area contributed by atoms with Crippen LogP contribution in [0.15, 0.2) is 24.3 Å². The lowest BCUT2D eigenvalue weighted by Gasteiger charge is -2.13. The molecule has 110 valence electrons. The van der Waals surface area contributed by atoms with E-state index in [9.17, 15) is 4.79 Å². The number of rotatable bonds is 6. The molecule has 0 saturated carbocycles. The quantitative estimate of drug-likeness (QED) is 0.839. The maximum atomic E-state index is 12.1. The summed E-state index contributed by atoms with van der Waals surface area (Å²) in [5.74, 6) is -0.0674. The minimum Gasteiger partial charge on any atom is -0.364 e. The summed E-state index contributed by atoms with van der Waals surface area (Å²) < 4.78 is 5.58. The van der Waals surface area contributed by atoms with Crippen molar-refractivity contribution in [3.8, 4) is 0 Å². The standard InChI is InChI=1S/C16H24N2O2/c1-2-3-4-12-5-7-13(8-6-12)18-16(19)15-10-9-14(11-17)20-15/h5-8,14-15H,2-4,9-11,17H2,1H3,(H,18,19)/t14-,15+/m1/s1. The molecule has 1 aliphatic rings. The Hall–Kier alpha value is -1.39. The number of carbonyl (C=O) groups excluding carboxylic acids is 1. The Labute approximate surface area is 120 Å². The van der Waals surface area contributed by atoms with Crippen molar-refractivity contribution in [1.82, 2.24) is 0 Å². The number of aryl methyl sites for hydroxylation is 1. The molecule has 1 amide bonds. The molecule has 0 spiro atoms. The number of anilines is 1. The van der Waals surface area contributed by atoms with Crippen LogP contribution in [0.2, 0.25) is 0 Å². The van der Waals surface area contributed by atoms with Gasteiger partial charge in [-0.25, -0.2) is 0 Å². The molecule has 1 fully saturated rings. The first-order chi connectivity index (χ1) is 9.72. The van der Waals surface area contributed by atoms with Gasteiger partial charge in [0.2, 0.25) is 0 Å². The summed E-state index contributed by atoms with van der Waals surface area (Å²) in [7, 11) is 0. The van der Waals surface area contributed by atoms with Crippen molar-refractivity contribution >= 4 is 11.6 Å². The lowest BCUT2D eigenvalue weighted by atomic mass is 10.1. The van der Waals surface area contributed by atoms with Gasteiger partial charge >= 0.3 is 0 Å². The lowest BCUT2D eigenvalue weighted by Crippen LogP contribution is -2.29. The van der Waals surface area contributed by atoms with E-state index in [1.165, 1.54) is 18.4 Å². The third-order valence-corrected chi connectivity index (χ3v) is 3.70. The Morgan fingerprint density at radius 2 is 2.10 bits per heavy atom. The van der Waals surface area contributed by atoms with Gasteiger partial charge in [0.1, 0.15) is 6.10 Å². The van der Waals surface area contributed by atoms with Gasteiger partial charge < -0.3 is 15.8 Å². The Morgan fingerprint density at radius 3 is 2.70 bits per heavy atom. The van der Waals surface area contributed by atoms with Crippen LogP contribution >= 0.6 is 0 Å². The van der Waals surface area contributed by atoms with Gasteiger partial charge in [0.05, 0.1) is 6.10 Å². The highest BCUT2D eigenvalue weighted by Gasteiger charge is 2.29. The molecule has 0 bridgehead atoms. The fourth-order valence-electron chi connectivity index (χ4n) is 2.43. The molecule has 3 N–H and O–H groups in total. The van der Waals surface area contributed by atoms with Crippen LogP contribution < -0.4 is 11.1 Å². The average Bonchev–Trinajstić information content (AvgIpc) is 2.95. The van der Waals surface area contributed by atoms with E-state index < -0.39 is 0 Å². The van der Waals surface area contributed by atoms with Crippen LogP contribution in [0.1, 0.15) is 38.2 Å². The molecule has 1 heterocycles. The molecule has 0 radical (unpaired) electrons. The maximum Gasteiger partial charge on any atom is 0.253 e. The molecule has 1 aliphatic heterocycles. The number of benzene rings is 1. The van der Waals surface area contributed by atoms with Crippen molar-refractivity contribution in [2.24, 2.45) is 5.73 Å². The van der Waals surface area contributed by atoms with E-state index in [0.717, 1.165) is 24.9 Å². The van der Waals surface area contributed by atoms with Gasteiger partial charge in [-0.15, -0.1) is 0 Å². The summed E-state index contributed by atoms with van der Waals surface area (Å²) in [6, 6.07) is 8.06. The van der Waals surface area contributed by atoms with Crippen LogP contribution in [0.25, 0.3) is 0 Å². The Morgan fingerprint density at radius 1 is 1.35 bits per heavy atom. The third-order valence-electron chi connectivity index (χ3n) is 3.70. The summed E-state index contributed by atoms with van der Waals surface area (Å²) in [6.07, 6.45) is 4.77. The lowest BCUT2D eigenvalue weighted by molar-refractivity contribution is -0.126. The van der Waals surface area contributed by atoms with Gasteiger partial charge in [-0.05, 0) is 43.4 Å². The minimum absolute atomic E-state index is 0.0298. The highest BCUT2D eigenvalue weighted by atomic mass is 16.5. The van der Waals surface area contributed by atoms with Crippen LogP contribution in [0.3, 0.4) is 0 Å². The Balaban J connectivity index is 1.85. The summed E-state index contributed by atoms with van der Waals surface area (Å²) in [5, 5.41) is 2.91. The molecular weight excluding hydrogens is 252 g/mol. The number of unbranched alkanes of at least 4 members (excludes halogenated alkanes) is 1. The van der Waals surface area contributed by atoms with Gasteiger partial charge in [-0.1, -0.05) is 25.5 Å². The second-order valence-electron chi connectivity index (χ2n) is 5.35. The van der Waals surface area contributed by atoms with Crippen molar-refractivity contribution < 1.29 is 9.53 Å². The van der Waals surface area contributed by atoms with Crippen LogP contribution in [-0.2, 0) is 16.0 Å². The molecule has 4 nitrogen and oxygen atoms in total. The normalized spacial score (nSPS) is 21.9. The topological polar surface area (TPSA) is 64.4 Å². The summed E-state index contributed by atoms with van der Waals surface area (Å²) in [6.45, 7) is 2.67. The smallest absolute Gasteiger partial charge is 0.253 e. The highest BCUT2D eigenvalue weighted by molar-refractivity contribution is 5.94. The Bertz CT molecular complexity index is 431. The molecule has 0 aliphatic carbocycles. The highest BCUT2D eigenvalue weighted by Crippen LogP contribution is 2.20. The number of hydrogen-bond donors (Lipinski definition) is 2. The summed E-state index contributed by atoms with van der Waals surface area (Å²) >= 11 is 0. The fourth-order valence-corrected chi connectivity index (χ4v) is 2.43. The third kappa shape index (κ3) is 4.05. The van der Waals surface area contributed by atoms with E-state index >= 15 is 0 Å². The molecule has 1 aromatic rings. The molecule has 4 heteroatoms. The number of carbonyl (C=O) groups is 1. The molecule has 0 aromatic heterocycles. The van der Waals surface area contributed by atoms with Crippen LogP contribution in [0.5, 0.6) is 0 Å². The maximum absolute atomic E-state index is 12.1. The largest absolute Gasteiger partial charge is 0.364 e. The second-order valence-corrected chi connectivity index (χ2v) is 5.35. The van der Waals surface area contributed by atoms with Crippen molar-refractivity contribution in [1.29, 1.82) is 0 Å². The first-order valence-electron chi connectivity index (χ1n) is 7.48. The number of nitrogens with one attached hydrogen (secondary N) is 1. The average molecular weight is 276 g/mol. The zero-order valence-corrected chi connectivity index (χ0v) is 12.1. The molecular formula is C16H24N2O2. The van der Waals surface area contributed by atoms with E-state index in [-0.39, 0.29) is 18.1 Å². The second kappa shape index (κ2) is 7.41. The van der Waals surface area contributed by atoms with E-state index in [2.05, 4.69) is 24.4 Å². The number of hydrogen-bond acceptors (Lipinski definition) is 3. The Kier molecular flexibility index (Phi) is 5.56. The van der Waals surface area contributed by atoms with Gasteiger partial charge in [0, 0.05) is 12.2 Å². The molecule has 0 unspecified atom stereocenters. The van der Waals surface area contributed by atoms with Gasteiger partial charge in [-0.2, -0.15) is 0 Å². The molecule has 1 saturated heterocycles. The zero-order chi connectivity index (χ0) is 14.4. The van der Waals surface area contributed by atoms with E-state index in [1.54, 1.807) is 0 Å². The first kappa shape index (κ1) is 15.0. The van der Waals surface area contributed by atoms with Gasteiger partial charge in [0.25, 0.3) is 5.91 Å². The van der Waals surface area contributed by atoms with Crippen LogP contribution in [-0.4, -0.2) is 24.7 Å². The monoisotopic (exact) mass is 276 g/mol. The molecule has 2 rings (SSSR count). The molecule has 20 heavy (non-hydrogen) atoms. The van der Waals surface area contributed by atoms with E-state index in [4.69, 9.17) is 10.5 Å².